The molecule has 140 valence electrons. The van der Waals surface area contributed by atoms with E-state index in [1.807, 2.05) is 22.7 Å². The van der Waals surface area contributed by atoms with E-state index >= 15 is 0 Å². The fraction of sp³-hybridized carbons (Fsp3) is 0.360. The summed E-state index contributed by atoms with van der Waals surface area (Å²) in [6, 6.07) is 15.9. The van der Waals surface area contributed by atoms with Gasteiger partial charge in [0.2, 0.25) is 0 Å². The van der Waals surface area contributed by atoms with E-state index in [0.717, 1.165) is 12.8 Å². The number of fused-ring (bicyclic) bond motifs is 2. The zero-order chi connectivity index (χ0) is 19.2. The molecule has 4 rings (SSSR count). The lowest BCUT2D eigenvalue weighted by molar-refractivity contribution is 0.362. The maximum atomic E-state index is 2.42. The summed E-state index contributed by atoms with van der Waals surface area (Å²) in [6.45, 7) is 11.7. The molecule has 0 saturated heterocycles. The average Bonchev–Trinajstić information content (AvgIpc) is 3.18. The van der Waals surface area contributed by atoms with Crippen LogP contribution >= 0.6 is 22.7 Å². The third-order valence-electron chi connectivity index (χ3n) is 5.36. The highest BCUT2D eigenvalue weighted by Crippen LogP contribution is 2.37. The minimum atomic E-state index is 0.207. The molecule has 2 heteroatoms. The van der Waals surface area contributed by atoms with Crippen molar-refractivity contribution in [1.82, 2.24) is 0 Å². The maximum absolute atomic E-state index is 2.42. The van der Waals surface area contributed by atoms with E-state index in [1.165, 1.54) is 36.9 Å². The SMILES string of the molecule is CC(C)(Cc1ccc2c(C(C)(C)C)csc2c1)Cc1csc2ccccc12. The number of rotatable bonds is 4. The highest BCUT2D eigenvalue weighted by atomic mass is 32.1. The summed E-state index contributed by atoms with van der Waals surface area (Å²) in [6.07, 6.45) is 2.22. The van der Waals surface area contributed by atoms with Gasteiger partial charge in [0, 0.05) is 9.40 Å². The van der Waals surface area contributed by atoms with Crippen LogP contribution in [0.25, 0.3) is 20.2 Å². The summed E-state index contributed by atoms with van der Waals surface area (Å²) in [5.41, 5.74) is 4.86. The lowest BCUT2D eigenvalue weighted by Crippen LogP contribution is -2.18. The van der Waals surface area contributed by atoms with Crippen molar-refractivity contribution in [2.75, 3.05) is 0 Å². The second-order valence-electron chi connectivity index (χ2n) is 9.50. The van der Waals surface area contributed by atoms with Gasteiger partial charge < -0.3 is 0 Å². The second-order valence-corrected chi connectivity index (χ2v) is 11.3. The molecule has 0 bridgehead atoms. The monoisotopic (exact) mass is 392 g/mol. The van der Waals surface area contributed by atoms with Crippen molar-refractivity contribution < 1.29 is 0 Å². The zero-order valence-electron chi connectivity index (χ0n) is 16.9. The molecule has 27 heavy (non-hydrogen) atoms. The Hall–Kier alpha value is -1.64. The van der Waals surface area contributed by atoms with Gasteiger partial charge in [-0.1, -0.05) is 65.0 Å². The van der Waals surface area contributed by atoms with Crippen LogP contribution in [0.5, 0.6) is 0 Å². The van der Waals surface area contributed by atoms with E-state index in [2.05, 4.69) is 87.8 Å². The second kappa shape index (κ2) is 6.76. The Morgan fingerprint density at radius 2 is 1.48 bits per heavy atom. The summed E-state index contributed by atoms with van der Waals surface area (Å²) in [5, 5.41) is 7.55. The van der Waals surface area contributed by atoms with Crippen LogP contribution in [-0.2, 0) is 18.3 Å². The van der Waals surface area contributed by atoms with Gasteiger partial charge in [-0.2, -0.15) is 0 Å². The minimum absolute atomic E-state index is 0.207. The van der Waals surface area contributed by atoms with Crippen molar-refractivity contribution in [2.45, 2.75) is 52.9 Å². The Balaban J connectivity index is 1.59. The van der Waals surface area contributed by atoms with Crippen LogP contribution in [0.3, 0.4) is 0 Å². The van der Waals surface area contributed by atoms with Gasteiger partial charge in [-0.25, -0.2) is 0 Å². The molecule has 0 amide bonds. The first-order chi connectivity index (χ1) is 12.7. The van der Waals surface area contributed by atoms with E-state index in [1.54, 1.807) is 0 Å². The largest absolute Gasteiger partial charge is 0.144 e. The van der Waals surface area contributed by atoms with Crippen LogP contribution in [0.4, 0.5) is 0 Å². The van der Waals surface area contributed by atoms with Gasteiger partial charge in [0.1, 0.15) is 0 Å². The number of hydrogen-bond donors (Lipinski definition) is 0. The number of benzene rings is 2. The summed E-state index contributed by atoms with van der Waals surface area (Å²) < 4.78 is 2.83. The maximum Gasteiger partial charge on any atom is 0.0348 e. The Labute approximate surface area is 170 Å². The smallest absolute Gasteiger partial charge is 0.0348 e. The van der Waals surface area contributed by atoms with Crippen LogP contribution in [0.1, 0.15) is 51.3 Å². The normalized spacial score (nSPS) is 12.9. The minimum Gasteiger partial charge on any atom is -0.144 e. The van der Waals surface area contributed by atoms with Crippen LogP contribution in [-0.4, -0.2) is 0 Å². The van der Waals surface area contributed by atoms with E-state index in [-0.39, 0.29) is 10.8 Å². The quantitative estimate of drug-likeness (QED) is 0.328. The van der Waals surface area contributed by atoms with Crippen molar-refractivity contribution in [1.29, 1.82) is 0 Å². The van der Waals surface area contributed by atoms with E-state index in [0.29, 0.717) is 0 Å². The first-order valence-electron chi connectivity index (χ1n) is 9.69. The summed E-state index contributed by atoms with van der Waals surface area (Å²) in [5.74, 6) is 0. The molecular formula is C25H28S2. The van der Waals surface area contributed by atoms with Gasteiger partial charge in [0.25, 0.3) is 0 Å². The topological polar surface area (TPSA) is 0 Å². The molecule has 0 unspecified atom stereocenters. The number of thiophene rings is 2. The van der Waals surface area contributed by atoms with Crippen molar-refractivity contribution in [3.05, 3.63) is 69.9 Å². The lowest BCUT2D eigenvalue weighted by Gasteiger charge is -2.25. The molecular weight excluding hydrogens is 364 g/mol. The molecule has 0 radical (unpaired) electrons. The summed E-state index contributed by atoms with van der Waals surface area (Å²) in [7, 11) is 0. The first-order valence-corrected chi connectivity index (χ1v) is 11.4. The average molecular weight is 393 g/mol. The third kappa shape index (κ3) is 3.83. The Morgan fingerprint density at radius 3 is 2.26 bits per heavy atom. The van der Waals surface area contributed by atoms with Crippen LogP contribution < -0.4 is 0 Å². The first kappa shape index (κ1) is 18.7. The molecule has 0 fully saturated rings. The van der Waals surface area contributed by atoms with E-state index in [9.17, 15) is 0 Å². The van der Waals surface area contributed by atoms with Gasteiger partial charge >= 0.3 is 0 Å². The molecule has 0 spiro atoms. The number of hydrogen-bond acceptors (Lipinski definition) is 2. The molecule has 0 atom stereocenters. The van der Waals surface area contributed by atoms with Gasteiger partial charge in [0.05, 0.1) is 0 Å². The molecule has 0 N–H and O–H groups in total. The standard InChI is InChI=1S/C25H28S2/c1-24(2,3)21-16-27-23-12-17(10-11-20(21)23)13-25(4,5)14-18-15-26-22-9-7-6-8-19(18)22/h6-12,15-16H,13-14H2,1-5H3. The van der Waals surface area contributed by atoms with Crippen LogP contribution in [0, 0.1) is 5.41 Å². The molecule has 0 saturated carbocycles. The predicted molar refractivity (Wildman–Crippen MR) is 124 cm³/mol. The Kier molecular flexibility index (Phi) is 4.68. The molecule has 2 heterocycles. The molecule has 4 aromatic rings. The van der Waals surface area contributed by atoms with Crippen LogP contribution in [0.2, 0.25) is 0 Å². The van der Waals surface area contributed by atoms with E-state index in [4.69, 9.17) is 0 Å². The van der Waals surface area contributed by atoms with Gasteiger partial charge in [-0.3, -0.25) is 0 Å². The summed E-state index contributed by atoms with van der Waals surface area (Å²) >= 11 is 3.76. The van der Waals surface area contributed by atoms with Crippen molar-refractivity contribution in [3.8, 4) is 0 Å². The fourth-order valence-corrected chi connectivity index (χ4v) is 6.28. The Bertz CT molecular complexity index is 1090. The van der Waals surface area contributed by atoms with Gasteiger partial charge in [-0.05, 0) is 74.0 Å². The molecule has 0 aliphatic heterocycles. The fourth-order valence-electron chi connectivity index (χ4n) is 4.06. The molecule has 2 aromatic carbocycles. The predicted octanol–water partition coefficient (Wildman–Crippen LogP) is 8.22. The zero-order valence-corrected chi connectivity index (χ0v) is 18.6. The molecule has 0 aliphatic rings. The van der Waals surface area contributed by atoms with Crippen molar-refractivity contribution >= 4 is 42.8 Å². The summed E-state index contributed by atoms with van der Waals surface area (Å²) in [4.78, 5) is 0. The van der Waals surface area contributed by atoms with Crippen LogP contribution in [0.15, 0.2) is 53.2 Å². The molecule has 0 aliphatic carbocycles. The molecule has 2 aromatic heterocycles. The molecule has 0 nitrogen and oxygen atoms in total. The third-order valence-corrected chi connectivity index (χ3v) is 7.32. The van der Waals surface area contributed by atoms with Crippen molar-refractivity contribution in [2.24, 2.45) is 5.41 Å². The highest BCUT2D eigenvalue weighted by Gasteiger charge is 2.22. The Morgan fingerprint density at radius 1 is 0.741 bits per heavy atom. The van der Waals surface area contributed by atoms with Gasteiger partial charge in [-0.15, -0.1) is 22.7 Å². The van der Waals surface area contributed by atoms with Crippen molar-refractivity contribution in [3.63, 3.8) is 0 Å². The lowest BCUT2D eigenvalue weighted by atomic mass is 9.80. The highest BCUT2D eigenvalue weighted by molar-refractivity contribution is 7.17. The van der Waals surface area contributed by atoms with E-state index < -0.39 is 0 Å². The van der Waals surface area contributed by atoms with Gasteiger partial charge in [0.15, 0.2) is 0 Å².